The van der Waals surface area contributed by atoms with Crippen LogP contribution in [0.3, 0.4) is 0 Å². The van der Waals surface area contributed by atoms with Crippen molar-refractivity contribution in [3.05, 3.63) is 54.1 Å². The standard InChI is InChI=1S/C21H28N2O6S/c1-15(14-27-2)22-21(24)18(12-16-8-6-5-7-9-16)23-30(25,26)17-10-11-19(28-3)20(13-17)29-4/h5-11,13,15,18,23H,12,14H2,1-4H3,(H,22,24)/t15-,18-/m0/s1. The number of carbonyl (C=O) groups excluding carboxylic acids is 1. The smallest absolute Gasteiger partial charge is 0.241 e. The normalized spacial score (nSPS) is 13.3. The number of nitrogens with one attached hydrogen (secondary N) is 2. The van der Waals surface area contributed by atoms with Crippen molar-refractivity contribution in [2.24, 2.45) is 0 Å². The molecule has 2 aromatic carbocycles. The Morgan fingerprint density at radius 1 is 1.00 bits per heavy atom. The summed E-state index contributed by atoms with van der Waals surface area (Å²) < 4.78 is 43.9. The van der Waals surface area contributed by atoms with Gasteiger partial charge in [-0.25, -0.2) is 8.42 Å². The number of sulfonamides is 1. The van der Waals surface area contributed by atoms with Crippen LogP contribution in [0.25, 0.3) is 0 Å². The minimum absolute atomic E-state index is 0.0315. The van der Waals surface area contributed by atoms with Gasteiger partial charge in [-0.2, -0.15) is 4.72 Å². The summed E-state index contributed by atoms with van der Waals surface area (Å²) in [7, 11) is 0.409. The quantitative estimate of drug-likeness (QED) is 0.556. The van der Waals surface area contributed by atoms with Crippen LogP contribution in [0, 0.1) is 0 Å². The van der Waals surface area contributed by atoms with Crippen LogP contribution in [0.1, 0.15) is 12.5 Å². The molecule has 0 fully saturated rings. The van der Waals surface area contributed by atoms with Crippen LogP contribution in [0.5, 0.6) is 11.5 Å². The topological polar surface area (TPSA) is 103 Å². The summed E-state index contributed by atoms with van der Waals surface area (Å²) in [4.78, 5) is 12.8. The second-order valence-corrected chi connectivity index (χ2v) is 8.46. The van der Waals surface area contributed by atoms with Crippen LogP contribution in [-0.4, -0.2) is 54.3 Å². The molecule has 2 atom stereocenters. The third-order valence-corrected chi connectivity index (χ3v) is 5.84. The van der Waals surface area contributed by atoms with E-state index in [9.17, 15) is 13.2 Å². The second-order valence-electron chi connectivity index (χ2n) is 6.75. The van der Waals surface area contributed by atoms with E-state index in [1.807, 2.05) is 30.3 Å². The van der Waals surface area contributed by atoms with Gasteiger partial charge in [-0.3, -0.25) is 4.79 Å². The lowest BCUT2D eigenvalue weighted by Gasteiger charge is -2.21. The number of carbonyl (C=O) groups is 1. The molecule has 0 radical (unpaired) electrons. The Kier molecular flexibility index (Phi) is 8.64. The van der Waals surface area contributed by atoms with Crippen molar-refractivity contribution in [3.8, 4) is 11.5 Å². The first kappa shape index (κ1) is 23.7. The van der Waals surface area contributed by atoms with Gasteiger partial charge in [0.15, 0.2) is 11.5 Å². The van der Waals surface area contributed by atoms with Crippen LogP contribution in [0.4, 0.5) is 0 Å². The SMILES string of the molecule is COC[C@H](C)NC(=O)[C@H](Cc1ccccc1)NS(=O)(=O)c1ccc(OC)c(OC)c1. The molecule has 0 aliphatic carbocycles. The third kappa shape index (κ3) is 6.45. The molecule has 0 aliphatic rings. The van der Waals surface area contributed by atoms with E-state index in [1.54, 1.807) is 6.92 Å². The molecule has 0 bridgehead atoms. The van der Waals surface area contributed by atoms with Crippen molar-refractivity contribution in [1.82, 2.24) is 10.0 Å². The molecule has 8 nitrogen and oxygen atoms in total. The van der Waals surface area contributed by atoms with Crippen molar-refractivity contribution < 1.29 is 27.4 Å². The number of methoxy groups -OCH3 is 3. The Labute approximate surface area is 177 Å². The Morgan fingerprint density at radius 2 is 1.67 bits per heavy atom. The van der Waals surface area contributed by atoms with Crippen molar-refractivity contribution in [2.45, 2.75) is 30.3 Å². The molecule has 30 heavy (non-hydrogen) atoms. The van der Waals surface area contributed by atoms with Crippen LogP contribution in [-0.2, 0) is 26.0 Å². The molecular formula is C21H28N2O6S. The van der Waals surface area contributed by atoms with E-state index in [0.717, 1.165) is 5.56 Å². The summed E-state index contributed by atoms with van der Waals surface area (Å²) in [5, 5.41) is 2.78. The van der Waals surface area contributed by atoms with Gasteiger partial charge in [0, 0.05) is 19.2 Å². The zero-order chi connectivity index (χ0) is 22.1. The average Bonchev–Trinajstić information content (AvgIpc) is 2.73. The molecule has 0 spiro atoms. The van der Waals surface area contributed by atoms with E-state index in [2.05, 4.69) is 10.0 Å². The fourth-order valence-corrected chi connectivity index (χ4v) is 4.12. The van der Waals surface area contributed by atoms with E-state index in [0.29, 0.717) is 12.4 Å². The Bertz CT molecular complexity index is 934. The van der Waals surface area contributed by atoms with E-state index >= 15 is 0 Å². The van der Waals surface area contributed by atoms with Crippen molar-refractivity contribution >= 4 is 15.9 Å². The van der Waals surface area contributed by atoms with E-state index in [1.165, 1.54) is 39.5 Å². The maximum Gasteiger partial charge on any atom is 0.241 e. The van der Waals surface area contributed by atoms with Crippen LogP contribution in [0.15, 0.2) is 53.4 Å². The number of ether oxygens (including phenoxy) is 3. The van der Waals surface area contributed by atoms with Crippen LogP contribution in [0.2, 0.25) is 0 Å². The molecule has 2 N–H and O–H groups in total. The highest BCUT2D eigenvalue weighted by atomic mass is 32.2. The predicted octanol–water partition coefficient (Wildman–Crippen LogP) is 1.74. The summed E-state index contributed by atoms with van der Waals surface area (Å²) in [6, 6.07) is 12.2. The predicted molar refractivity (Wildman–Crippen MR) is 113 cm³/mol. The molecule has 2 rings (SSSR count). The highest BCUT2D eigenvalue weighted by molar-refractivity contribution is 7.89. The molecule has 0 saturated carbocycles. The minimum atomic E-state index is -4.01. The van der Waals surface area contributed by atoms with Crippen molar-refractivity contribution in [3.63, 3.8) is 0 Å². The molecule has 2 aromatic rings. The van der Waals surface area contributed by atoms with Gasteiger partial charge in [-0.15, -0.1) is 0 Å². The maximum atomic E-state index is 13.0. The van der Waals surface area contributed by atoms with E-state index in [-0.39, 0.29) is 23.1 Å². The zero-order valence-electron chi connectivity index (χ0n) is 17.5. The molecule has 9 heteroatoms. The first-order valence-corrected chi connectivity index (χ1v) is 10.9. The number of rotatable bonds is 11. The van der Waals surface area contributed by atoms with Gasteiger partial charge in [0.05, 0.1) is 25.7 Å². The molecule has 0 saturated heterocycles. The summed E-state index contributed by atoms with van der Waals surface area (Å²) in [5.74, 6) is 0.244. The maximum absolute atomic E-state index is 13.0. The largest absolute Gasteiger partial charge is 0.493 e. The number of hydrogen-bond acceptors (Lipinski definition) is 6. The molecule has 0 aliphatic heterocycles. The molecule has 1 amide bonds. The zero-order valence-corrected chi connectivity index (χ0v) is 18.4. The Hall–Kier alpha value is -2.62. The number of amides is 1. The van der Waals surface area contributed by atoms with Gasteiger partial charge in [-0.1, -0.05) is 30.3 Å². The van der Waals surface area contributed by atoms with Crippen LogP contribution < -0.4 is 19.5 Å². The average molecular weight is 437 g/mol. The van der Waals surface area contributed by atoms with Crippen LogP contribution >= 0.6 is 0 Å². The lowest BCUT2D eigenvalue weighted by atomic mass is 10.1. The summed E-state index contributed by atoms with van der Waals surface area (Å²) in [6.45, 7) is 2.09. The van der Waals surface area contributed by atoms with Crippen molar-refractivity contribution in [1.29, 1.82) is 0 Å². The lowest BCUT2D eigenvalue weighted by molar-refractivity contribution is -0.123. The van der Waals surface area contributed by atoms with E-state index < -0.39 is 22.0 Å². The monoisotopic (exact) mass is 436 g/mol. The lowest BCUT2D eigenvalue weighted by Crippen LogP contribution is -2.50. The number of hydrogen-bond donors (Lipinski definition) is 2. The summed E-state index contributed by atoms with van der Waals surface area (Å²) in [5.41, 5.74) is 0.826. The van der Waals surface area contributed by atoms with Crippen molar-refractivity contribution in [2.75, 3.05) is 27.9 Å². The Morgan fingerprint density at radius 3 is 2.27 bits per heavy atom. The minimum Gasteiger partial charge on any atom is -0.493 e. The first-order valence-electron chi connectivity index (χ1n) is 9.38. The Balaban J connectivity index is 2.30. The second kappa shape index (κ2) is 11.0. The van der Waals surface area contributed by atoms with Gasteiger partial charge >= 0.3 is 0 Å². The van der Waals surface area contributed by atoms with Gasteiger partial charge in [0.1, 0.15) is 6.04 Å². The van der Waals surface area contributed by atoms with E-state index in [4.69, 9.17) is 14.2 Å². The molecule has 0 aromatic heterocycles. The van der Waals surface area contributed by atoms with Gasteiger partial charge in [0.2, 0.25) is 15.9 Å². The molecule has 164 valence electrons. The summed E-state index contributed by atoms with van der Waals surface area (Å²) in [6.07, 6.45) is 0.193. The highest BCUT2D eigenvalue weighted by Gasteiger charge is 2.27. The van der Waals surface area contributed by atoms with Gasteiger partial charge < -0.3 is 19.5 Å². The fraction of sp³-hybridized carbons (Fsp3) is 0.381. The third-order valence-electron chi connectivity index (χ3n) is 4.37. The molecular weight excluding hydrogens is 408 g/mol. The molecule has 0 unspecified atom stereocenters. The summed E-state index contributed by atoms with van der Waals surface area (Å²) >= 11 is 0. The fourth-order valence-electron chi connectivity index (χ4n) is 2.91. The first-order chi connectivity index (χ1) is 14.3. The highest BCUT2D eigenvalue weighted by Crippen LogP contribution is 2.29. The van der Waals surface area contributed by atoms with Gasteiger partial charge in [-0.05, 0) is 31.0 Å². The number of benzene rings is 2. The van der Waals surface area contributed by atoms with Gasteiger partial charge in [0.25, 0.3) is 0 Å². The molecule has 0 heterocycles.